The van der Waals surface area contributed by atoms with Crippen LogP contribution in [0.4, 0.5) is 4.79 Å². The Labute approximate surface area is 226 Å². The average molecular weight is 537 g/mol. The number of alkyl carbamates (subject to hydrolysis) is 1. The van der Waals surface area contributed by atoms with Gasteiger partial charge in [0.15, 0.2) is 0 Å². The number of carbonyl (C=O) groups is 2. The van der Waals surface area contributed by atoms with Crippen molar-refractivity contribution in [2.24, 2.45) is 0 Å². The number of rotatable bonds is 19. The molecule has 214 valence electrons. The Balaban J connectivity index is 1.27. The molecule has 0 aromatic heterocycles. The molecular weight excluding hydrogens is 492 g/mol. The van der Waals surface area contributed by atoms with E-state index >= 15 is 0 Å². The number of nitrogens with one attached hydrogen (secondary N) is 2. The molecule has 0 spiro atoms. The molecule has 1 aliphatic rings. The molecule has 0 saturated carbocycles. The topological polar surface area (TPSA) is 125 Å². The maximum atomic E-state index is 11.9. The second-order valence-electron chi connectivity index (χ2n) is 8.90. The molecule has 3 N–H and O–H groups in total. The van der Waals surface area contributed by atoms with Crippen molar-refractivity contribution in [3.05, 3.63) is 42.0 Å². The van der Waals surface area contributed by atoms with Crippen LogP contribution in [0, 0.1) is 0 Å². The van der Waals surface area contributed by atoms with Crippen molar-refractivity contribution in [2.75, 3.05) is 65.9 Å². The first-order valence-electron chi connectivity index (χ1n) is 13.6. The largest absolute Gasteiger partial charge is 0.508 e. The highest BCUT2D eigenvalue weighted by Crippen LogP contribution is 2.15. The molecule has 1 unspecified atom stereocenters. The number of benzene rings is 1. The van der Waals surface area contributed by atoms with Crippen LogP contribution in [0.15, 0.2) is 36.4 Å². The van der Waals surface area contributed by atoms with Gasteiger partial charge >= 0.3 is 6.09 Å². The lowest BCUT2D eigenvalue weighted by molar-refractivity contribution is -0.122. The van der Waals surface area contributed by atoms with Gasteiger partial charge in [0.2, 0.25) is 5.91 Å². The van der Waals surface area contributed by atoms with E-state index in [9.17, 15) is 14.7 Å². The fourth-order valence-electron chi connectivity index (χ4n) is 3.69. The summed E-state index contributed by atoms with van der Waals surface area (Å²) in [4.78, 5) is 23.7. The van der Waals surface area contributed by atoms with Gasteiger partial charge < -0.3 is 39.4 Å². The van der Waals surface area contributed by atoms with Gasteiger partial charge in [0, 0.05) is 19.5 Å². The Morgan fingerprint density at radius 2 is 1.39 bits per heavy atom. The van der Waals surface area contributed by atoms with E-state index < -0.39 is 0 Å². The molecule has 0 radical (unpaired) electrons. The van der Waals surface area contributed by atoms with Crippen molar-refractivity contribution >= 4 is 12.0 Å². The molecule has 0 heterocycles. The fourth-order valence-corrected chi connectivity index (χ4v) is 3.69. The average Bonchev–Trinajstić information content (AvgIpc) is 2.89. The monoisotopic (exact) mass is 536 g/mol. The number of carbonyl (C=O) groups excluding carboxylic acids is 2. The highest BCUT2D eigenvalue weighted by atomic mass is 16.6. The third-order valence-corrected chi connectivity index (χ3v) is 5.77. The first-order chi connectivity index (χ1) is 18.6. The molecule has 2 amide bonds. The van der Waals surface area contributed by atoms with E-state index in [1.807, 2.05) is 12.1 Å². The van der Waals surface area contributed by atoms with Crippen LogP contribution in [0.5, 0.6) is 5.75 Å². The van der Waals surface area contributed by atoms with Crippen molar-refractivity contribution in [1.82, 2.24) is 10.6 Å². The quantitative estimate of drug-likeness (QED) is 0.182. The van der Waals surface area contributed by atoms with Crippen LogP contribution >= 0.6 is 0 Å². The first-order valence-corrected chi connectivity index (χ1v) is 13.6. The van der Waals surface area contributed by atoms with Gasteiger partial charge in [0.25, 0.3) is 0 Å². The van der Waals surface area contributed by atoms with Crippen LogP contribution < -0.4 is 10.6 Å². The number of hydrogen-bond acceptors (Lipinski definition) is 8. The number of aromatic hydroxyl groups is 1. The van der Waals surface area contributed by atoms with Gasteiger partial charge in [-0.05, 0) is 56.2 Å². The molecule has 0 aliphatic heterocycles. The Morgan fingerprint density at radius 3 is 2.11 bits per heavy atom. The fraction of sp³-hybridized carbons (Fsp3) is 0.643. The highest BCUT2D eigenvalue weighted by molar-refractivity contribution is 5.75. The second kappa shape index (κ2) is 21.3. The third kappa shape index (κ3) is 17.0. The lowest BCUT2D eigenvalue weighted by Gasteiger charge is -2.18. The Kier molecular flexibility index (Phi) is 17.7. The number of phenolic OH excluding ortho intramolecular Hbond substituents is 1. The van der Waals surface area contributed by atoms with E-state index in [0.29, 0.717) is 78.8 Å². The molecule has 10 heteroatoms. The summed E-state index contributed by atoms with van der Waals surface area (Å²) in [7, 11) is 0. The van der Waals surface area contributed by atoms with Crippen LogP contribution in [0.3, 0.4) is 0 Å². The highest BCUT2D eigenvalue weighted by Gasteiger charge is 2.14. The van der Waals surface area contributed by atoms with Gasteiger partial charge in [-0.1, -0.05) is 24.3 Å². The van der Waals surface area contributed by atoms with Crippen LogP contribution in [-0.2, 0) is 34.9 Å². The Hall–Kier alpha value is -2.66. The number of ether oxygens (including phenoxy) is 5. The summed E-state index contributed by atoms with van der Waals surface area (Å²) in [5.74, 6) is 0.176. The molecular formula is C28H44N2O8. The van der Waals surface area contributed by atoms with Gasteiger partial charge in [-0.2, -0.15) is 0 Å². The summed E-state index contributed by atoms with van der Waals surface area (Å²) in [6.45, 7) is 4.31. The van der Waals surface area contributed by atoms with E-state index in [1.54, 1.807) is 12.1 Å². The standard InChI is InChI=1S/C28H44N2O8/c31-25-10-8-24(9-11-25)12-14-29-27(32)13-16-34-18-20-36-22-23-37-21-19-35-17-15-30-28(33)38-26-6-4-2-1-3-5-7-26/h1-2,8-11,26,31H,3-7,12-23H2,(H,29,32)(H,30,33)/b2-1-. The second-order valence-corrected chi connectivity index (χ2v) is 8.90. The summed E-state index contributed by atoms with van der Waals surface area (Å²) in [6.07, 6.45) is 9.78. The van der Waals surface area contributed by atoms with Crippen molar-refractivity contribution in [2.45, 2.75) is 51.0 Å². The van der Waals surface area contributed by atoms with Crippen LogP contribution in [0.2, 0.25) is 0 Å². The molecule has 0 saturated heterocycles. The zero-order chi connectivity index (χ0) is 27.1. The van der Waals surface area contributed by atoms with Crippen molar-refractivity contribution < 1.29 is 38.4 Å². The minimum atomic E-state index is -0.384. The van der Waals surface area contributed by atoms with Crippen molar-refractivity contribution in [1.29, 1.82) is 0 Å². The molecule has 38 heavy (non-hydrogen) atoms. The predicted molar refractivity (Wildman–Crippen MR) is 143 cm³/mol. The van der Waals surface area contributed by atoms with Gasteiger partial charge in [0.1, 0.15) is 11.9 Å². The molecule has 1 aliphatic carbocycles. The number of amides is 2. The lowest BCUT2D eigenvalue weighted by atomic mass is 10.0. The zero-order valence-corrected chi connectivity index (χ0v) is 22.4. The maximum Gasteiger partial charge on any atom is 0.407 e. The van der Waals surface area contributed by atoms with Gasteiger partial charge in [-0.3, -0.25) is 4.79 Å². The van der Waals surface area contributed by atoms with Crippen LogP contribution in [0.25, 0.3) is 0 Å². The zero-order valence-electron chi connectivity index (χ0n) is 22.4. The number of phenols is 1. The van der Waals surface area contributed by atoms with Crippen molar-refractivity contribution in [3.8, 4) is 5.75 Å². The summed E-state index contributed by atoms with van der Waals surface area (Å²) in [5.41, 5.74) is 1.05. The molecule has 1 atom stereocenters. The molecule has 10 nitrogen and oxygen atoms in total. The molecule has 1 aromatic rings. The van der Waals surface area contributed by atoms with Gasteiger partial charge in [-0.15, -0.1) is 0 Å². The van der Waals surface area contributed by atoms with Gasteiger partial charge in [0.05, 0.1) is 52.9 Å². The number of allylic oxidation sites excluding steroid dienone is 2. The minimum absolute atomic E-state index is 0.0106. The number of hydrogen-bond donors (Lipinski definition) is 3. The Bertz CT molecular complexity index is 788. The summed E-state index contributed by atoms with van der Waals surface area (Å²) in [6, 6.07) is 6.94. The summed E-state index contributed by atoms with van der Waals surface area (Å²) >= 11 is 0. The van der Waals surface area contributed by atoms with E-state index in [2.05, 4.69) is 22.8 Å². The van der Waals surface area contributed by atoms with E-state index in [0.717, 1.165) is 37.7 Å². The molecule has 0 bridgehead atoms. The predicted octanol–water partition coefficient (Wildman–Crippen LogP) is 3.12. The van der Waals surface area contributed by atoms with Gasteiger partial charge in [-0.25, -0.2) is 4.79 Å². The SMILES string of the molecule is O=C(CCOCCOCCOCCOCCNC(=O)OC1CC/C=C\CCC1)NCCc1ccc(O)cc1. The minimum Gasteiger partial charge on any atom is -0.508 e. The van der Waals surface area contributed by atoms with Crippen LogP contribution in [0.1, 0.15) is 44.1 Å². The van der Waals surface area contributed by atoms with Crippen molar-refractivity contribution in [3.63, 3.8) is 0 Å². The first kappa shape index (κ1) is 31.6. The lowest BCUT2D eigenvalue weighted by Crippen LogP contribution is -2.31. The maximum absolute atomic E-state index is 11.9. The molecule has 2 rings (SSSR count). The normalized spacial score (nSPS) is 16.3. The van der Waals surface area contributed by atoms with E-state index in [4.69, 9.17) is 23.7 Å². The van der Waals surface area contributed by atoms with Crippen LogP contribution in [-0.4, -0.2) is 89.2 Å². The smallest absolute Gasteiger partial charge is 0.407 e. The van der Waals surface area contributed by atoms with E-state index in [-0.39, 0.29) is 23.9 Å². The summed E-state index contributed by atoms with van der Waals surface area (Å²) < 4.78 is 27.2. The Morgan fingerprint density at radius 1 is 0.763 bits per heavy atom. The molecule has 1 aromatic carbocycles. The summed E-state index contributed by atoms with van der Waals surface area (Å²) in [5, 5.41) is 14.8. The molecule has 0 fully saturated rings. The third-order valence-electron chi connectivity index (χ3n) is 5.77. The van der Waals surface area contributed by atoms with E-state index in [1.165, 1.54) is 0 Å².